The minimum atomic E-state index is -0.415. The molecular weight excluding hydrogens is 451 g/mol. The van der Waals surface area contributed by atoms with Crippen LogP contribution in [0.3, 0.4) is 0 Å². The van der Waals surface area contributed by atoms with Crippen LogP contribution < -0.4 is 5.32 Å². The molecule has 3 heterocycles. The van der Waals surface area contributed by atoms with Gasteiger partial charge in [-0.1, -0.05) is 37.3 Å². The van der Waals surface area contributed by atoms with E-state index in [-0.39, 0.29) is 24.1 Å². The standard InChI is InChI=1S/C26H25FN4O2S/c1-2-22-24(16-6-4-3-5-7-16)29-26(34-22)30-25(33)18-12-23(32)31(15-18)11-10-17-14-28-21-9-8-19(27)13-20(17)21/h3-9,13-14,18,28H,2,10-12,15H2,1H3,(H,29,30,33)/t18-/m1/s1. The summed E-state index contributed by atoms with van der Waals surface area (Å²) in [6.07, 6.45) is 3.46. The third-order valence-electron chi connectivity index (χ3n) is 6.26. The summed E-state index contributed by atoms with van der Waals surface area (Å²) >= 11 is 1.48. The molecule has 0 aliphatic carbocycles. The summed E-state index contributed by atoms with van der Waals surface area (Å²) in [5.41, 5.74) is 3.74. The Hall–Kier alpha value is -3.52. The molecule has 174 valence electrons. The number of anilines is 1. The van der Waals surface area contributed by atoms with E-state index in [0.29, 0.717) is 24.6 Å². The fourth-order valence-corrected chi connectivity index (χ4v) is 5.38. The zero-order chi connectivity index (χ0) is 23.7. The number of aromatic nitrogens is 2. The van der Waals surface area contributed by atoms with Crippen LogP contribution in [0.15, 0.2) is 54.7 Å². The largest absolute Gasteiger partial charge is 0.361 e. The average molecular weight is 477 g/mol. The summed E-state index contributed by atoms with van der Waals surface area (Å²) < 4.78 is 13.6. The normalized spacial score (nSPS) is 15.9. The highest BCUT2D eigenvalue weighted by Crippen LogP contribution is 2.32. The number of hydrogen-bond donors (Lipinski definition) is 2. The second-order valence-corrected chi connectivity index (χ2v) is 9.58. The third-order valence-corrected chi connectivity index (χ3v) is 7.38. The Morgan fingerprint density at radius 1 is 1.26 bits per heavy atom. The van der Waals surface area contributed by atoms with Gasteiger partial charge in [0.15, 0.2) is 5.13 Å². The van der Waals surface area contributed by atoms with Crippen molar-refractivity contribution in [2.45, 2.75) is 26.2 Å². The lowest BCUT2D eigenvalue weighted by molar-refractivity contribution is -0.128. The molecule has 0 radical (unpaired) electrons. The van der Waals surface area contributed by atoms with Crippen LogP contribution in [0.5, 0.6) is 0 Å². The molecule has 2 aromatic carbocycles. The number of nitrogens with zero attached hydrogens (tertiary/aromatic N) is 2. The van der Waals surface area contributed by atoms with Crippen LogP contribution in [0.2, 0.25) is 0 Å². The van der Waals surface area contributed by atoms with Gasteiger partial charge in [0.1, 0.15) is 5.82 Å². The first-order chi connectivity index (χ1) is 16.5. The summed E-state index contributed by atoms with van der Waals surface area (Å²) in [5.74, 6) is -0.918. The number of fused-ring (bicyclic) bond motifs is 1. The summed E-state index contributed by atoms with van der Waals surface area (Å²) in [4.78, 5) is 36.1. The number of H-pyrrole nitrogens is 1. The molecular formula is C26H25FN4O2S. The van der Waals surface area contributed by atoms with E-state index in [0.717, 1.165) is 39.0 Å². The minimum absolute atomic E-state index is 0.0375. The molecule has 1 aliphatic rings. The monoisotopic (exact) mass is 476 g/mol. The zero-order valence-electron chi connectivity index (χ0n) is 18.8. The number of benzene rings is 2. The van der Waals surface area contributed by atoms with Crippen molar-refractivity contribution < 1.29 is 14.0 Å². The van der Waals surface area contributed by atoms with Crippen molar-refractivity contribution in [3.8, 4) is 11.3 Å². The van der Waals surface area contributed by atoms with Gasteiger partial charge < -0.3 is 15.2 Å². The van der Waals surface area contributed by atoms with Gasteiger partial charge in [0, 0.05) is 47.1 Å². The minimum Gasteiger partial charge on any atom is -0.361 e. The molecule has 2 aromatic heterocycles. The molecule has 0 saturated carbocycles. The molecule has 5 rings (SSSR count). The van der Waals surface area contributed by atoms with Crippen molar-refractivity contribution >= 4 is 39.2 Å². The third kappa shape index (κ3) is 4.46. The first-order valence-corrected chi connectivity index (χ1v) is 12.2. The lowest BCUT2D eigenvalue weighted by Crippen LogP contribution is -2.30. The zero-order valence-corrected chi connectivity index (χ0v) is 19.6. The number of hydrogen-bond acceptors (Lipinski definition) is 4. The molecule has 2 N–H and O–H groups in total. The lowest BCUT2D eigenvalue weighted by Gasteiger charge is -2.16. The van der Waals surface area contributed by atoms with Gasteiger partial charge in [0.05, 0.1) is 11.6 Å². The molecule has 6 nitrogen and oxygen atoms in total. The number of carbonyl (C=O) groups is 2. The molecule has 4 aromatic rings. The number of halogens is 1. The van der Waals surface area contributed by atoms with E-state index in [9.17, 15) is 14.0 Å². The van der Waals surface area contributed by atoms with Crippen LogP contribution in [0.4, 0.5) is 9.52 Å². The molecule has 1 saturated heterocycles. The van der Waals surface area contributed by atoms with E-state index in [2.05, 4.69) is 22.2 Å². The molecule has 0 bridgehead atoms. The summed E-state index contributed by atoms with van der Waals surface area (Å²) in [7, 11) is 0. The second-order valence-electron chi connectivity index (χ2n) is 8.49. The van der Waals surface area contributed by atoms with E-state index in [4.69, 9.17) is 0 Å². The van der Waals surface area contributed by atoms with E-state index in [1.807, 2.05) is 36.5 Å². The number of aromatic amines is 1. The molecule has 1 atom stereocenters. The van der Waals surface area contributed by atoms with E-state index >= 15 is 0 Å². The van der Waals surface area contributed by atoms with Gasteiger partial charge in [-0.25, -0.2) is 9.37 Å². The van der Waals surface area contributed by atoms with E-state index in [1.54, 1.807) is 11.0 Å². The predicted molar refractivity (Wildman–Crippen MR) is 132 cm³/mol. The van der Waals surface area contributed by atoms with Gasteiger partial charge in [-0.2, -0.15) is 0 Å². The number of aryl methyl sites for hydroxylation is 1. The van der Waals surface area contributed by atoms with Gasteiger partial charge in [-0.3, -0.25) is 9.59 Å². The van der Waals surface area contributed by atoms with Crippen LogP contribution in [-0.2, 0) is 22.4 Å². The first kappa shape index (κ1) is 22.3. The van der Waals surface area contributed by atoms with Gasteiger partial charge in [0.25, 0.3) is 0 Å². The summed E-state index contributed by atoms with van der Waals surface area (Å²) in [6.45, 7) is 2.93. The fraction of sp³-hybridized carbons (Fsp3) is 0.269. The van der Waals surface area contributed by atoms with Crippen molar-refractivity contribution in [2.75, 3.05) is 18.4 Å². The van der Waals surface area contributed by atoms with Gasteiger partial charge >= 0.3 is 0 Å². The molecule has 8 heteroatoms. The molecule has 1 fully saturated rings. The van der Waals surface area contributed by atoms with Gasteiger partial charge in [-0.05, 0) is 36.6 Å². The molecule has 2 amide bonds. The Kier molecular flexibility index (Phi) is 6.15. The molecule has 0 spiro atoms. The van der Waals surface area contributed by atoms with Crippen LogP contribution in [-0.4, -0.2) is 39.8 Å². The fourth-order valence-electron chi connectivity index (χ4n) is 4.45. The highest BCUT2D eigenvalue weighted by atomic mass is 32.1. The van der Waals surface area contributed by atoms with E-state index in [1.165, 1.54) is 23.5 Å². The van der Waals surface area contributed by atoms with Crippen molar-refractivity contribution in [1.82, 2.24) is 14.9 Å². The number of amides is 2. The van der Waals surface area contributed by atoms with Crippen LogP contribution in [0.1, 0.15) is 23.8 Å². The maximum atomic E-state index is 13.6. The maximum absolute atomic E-state index is 13.6. The number of carbonyl (C=O) groups excluding carboxylic acids is 2. The highest BCUT2D eigenvalue weighted by molar-refractivity contribution is 7.16. The molecule has 34 heavy (non-hydrogen) atoms. The quantitative estimate of drug-likeness (QED) is 0.393. The molecule has 1 aliphatic heterocycles. The van der Waals surface area contributed by atoms with Crippen LogP contribution in [0.25, 0.3) is 22.2 Å². The number of nitrogens with one attached hydrogen (secondary N) is 2. The predicted octanol–water partition coefficient (Wildman–Crippen LogP) is 5.02. The summed E-state index contributed by atoms with van der Waals surface area (Å²) in [6, 6.07) is 14.6. The second kappa shape index (κ2) is 9.38. The lowest BCUT2D eigenvalue weighted by atomic mass is 10.1. The van der Waals surface area contributed by atoms with Crippen LogP contribution >= 0.6 is 11.3 Å². The highest BCUT2D eigenvalue weighted by Gasteiger charge is 2.34. The Morgan fingerprint density at radius 3 is 2.88 bits per heavy atom. The number of likely N-dealkylation sites (tertiary alicyclic amines) is 1. The van der Waals surface area contributed by atoms with Crippen molar-refractivity contribution in [1.29, 1.82) is 0 Å². The van der Waals surface area contributed by atoms with Crippen LogP contribution in [0, 0.1) is 11.7 Å². The number of rotatable bonds is 7. The van der Waals surface area contributed by atoms with Gasteiger partial charge in [-0.15, -0.1) is 11.3 Å². The van der Waals surface area contributed by atoms with Crippen molar-refractivity contribution in [2.24, 2.45) is 5.92 Å². The Bertz CT molecular complexity index is 1350. The van der Waals surface area contributed by atoms with E-state index < -0.39 is 5.92 Å². The summed E-state index contributed by atoms with van der Waals surface area (Å²) in [5, 5.41) is 4.32. The van der Waals surface area contributed by atoms with Crippen molar-refractivity contribution in [3.63, 3.8) is 0 Å². The first-order valence-electron chi connectivity index (χ1n) is 11.4. The SMILES string of the molecule is CCc1sc(NC(=O)[C@@H]2CC(=O)N(CCc3c[nH]c4ccc(F)cc34)C2)nc1-c1ccccc1. The smallest absolute Gasteiger partial charge is 0.231 e. The maximum Gasteiger partial charge on any atom is 0.231 e. The topological polar surface area (TPSA) is 78.1 Å². The average Bonchev–Trinajstić information content (AvgIpc) is 3.54. The van der Waals surface area contributed by atoms with Crippen molar-refractivity contribution in [3.05, 3.63) is 71.0 Å². The molecule has 0 unspecified atom stereocenters. The Morgan fingerprint density at radius 2 is 2.09 bits per heavy atom. The van der Waals surface area contributed by atoms with Gasteiger partial charge in [0.2, 0.25) is 11.8 Å². The Labute approximate surface area is 200 Å². The number of thiazole rings is 1. The Balaban J connectivity index is 1.22.